The Bertz CT molecular complexity index is 129. The summed E-state index contributed by atoms with van der Waals surface area (Å²) in [5.41, 5.74) is 0. The van der Waals surface area contributed by atoms with Crippen LogP contribution >= 0.6 is 0 Å². The third-order valence-corrected chi connectivity index (χ3v) is 0.946. The summed E-state index contributed by atoms with van der Waals surface area (Å²) in [7, 11) is 0. The van der Waals surface area contributed by atoms with Gasteiger partial charge < -0.3 is 14.2 Å². The summed E-state index contributed by atoms with van der Waals surface area (Å²) in [5, 5.41) is 0. The highest BCUT2D eigenvalue weighted by Crippen LogP contribution is 1.96. The Morgan fingerprint density at radius 2 is 2.08 bits per heavy atom. The number of halogens is 1. The number of alkyl halides is 1. The van der Waals surface area contributed by atoms with Crippen LogP contribution in [0.25, 0.3) is 0 Å². The third-order valence-electron chi connectivity index (χ3n) is 0.946. The zero-order valence-corrected chi connectivity index (χ0v) is 7.21. The fraction of sp³-hybridized carbons (Fsp3) is 0.857. The maximum atomic E-state index is 12.4. The molecule has 0 rings (SSSR count). The lowest BCUT2D eigenvalue weighted by Gasteiger charge is -2.08. The molecule has 0 aliphatic carbocycles. The zero-order valence-electron chi connectivity index (χ0n) is 7.21. The predicted octanol–water partition coefficient (Wildman–Crippen LogP) is 0.856. The summed E-state index contributed by atoms with van der Waals surface area (Å²) in [6.45, 7) is 1.64. The van der Waals surface area contributed by atoms with Crippen LogP contribution in [0, 0.1) is 0 Å². The van der Waals surface area contributed by atoms with Crippen molar-refractivity contribution in [1.82, 2.24) is 0 Å². The van der Waals surface area contributed by atoms with Gasteiger partial charge in [-0.05, 0) is 13.8 Å². The molecule has 1 atom stereocenters. The summed E-state index contributed by atoms with van der Waals surface area (Å²) >= 11 is 0. The van der Waals surface area contributed by atoms with Gasteiger partial charge in [-0.25, -0.2) is 4.79 Å². The molecule has 0 saturated carbocycles. The first-order valence-electron chi connectivity index (χ1n) is 3.73. The van der Waals surface area contributed by atoms with Crippen LogP contribution in [0.5, 0.6) is 0 Å². The molecular formula is C7H13FO4. The van der Waals surface area contributed by atoms with Crippen LogP contribution < -0.4 is 0 Å². The van der Waals surface area contributed by atoms with Gasteiger partial charge in [0.25, 0.3) is 0 Å². The van der Waals surface area contributed by atoms with E-state index in [4.69, 9.17) is 0 Å². The van der Waals surface area contributed by atoms with Gasteiger partial charge in [0.05, 0.1) is 6.61 Å². The molecule has 0 fully saturated rings. The van der Waals surface area contributed by atoms with Crippen molar-refractivity contribution in [2.75, 3.05) is 19.8 Å². The minimum atomic E-state index is -1.98. The van der Waals surface area contributed by atoms with Crippen LogP contribution in [0.3, 0.4) is 0 Å². The topological polar surface area (TPSA) is 44.8 Å². The van der Waals surface area contributed by atoms with E-state index >= 15 is 0 Å². The Morgan fingerprint density at radius 1 is 1.42 bits per heavy atom. The molecule has 0 spiro atoms. The smallest absolute Gasteiger partial charge is 0.354 e. The lowest BCUT2D eigenvalue weighted by Crippen LogP contribution is -2.20. The minimum absolute atomic E-state index is 0.156. The van der Waals surface area contributed by atoms with E-state index in [1.807, 2.05) is 0 Å². The van der Waals surface area contributed by atoms with Crippen molar-refractivity contribution in [3.05, 3.63) is 0 Å². The normalized spacial score (nSPS) is 12.6. The molecule has 0 heterocycles. The number of hydrogen-bond acceptors (Lipinski definition) is 4. The fourth-order valence-corrected chi connectivity index (χ4v) is 0.488. The monoisotopic (exact) mass is 180 g/mol. The molecule has 0 aliphatic rings. The summed E-state index contributed by atoms with van der Waals surface area (Å²) in [5.74, 6) is -0.766. The Balaban J connectivity index is 3.40. The molecule has 0 aromatic carbocycles. The van der Waals surface area contributed by atoms with Crippen LogP contribution in [0.15, 0.2) is 0 Å². The quantitative estimate of drug-likeness (QED) is 0.449. The molecule has 0 radical (unpaired) electrons. The van der Waals surface area contributed by atoms with Crippen molar-refractivity contribution in [3.63, 3.8) is 0 Å². The summed E-state index contributed by atoms with van der Waals surface area (Å²) in [6, 6.07) is 0. The van der Waals surface area contributed by atoms with Crippen LogP contribution in [0.1, 0.15) is 13.8 Å². The number of carbonyl (C=O) groups is 1. The number of rotatable bonds is 6. The van der Waals surface area contributed by atoms with E-state index < -0.39 is 12.5 Å². The van der Waals surface area contributed by atoms with Crippen molar-refractivity contribution in [1.29, 1.82) is 0 Å². The van der Waals surface area contributed by atoms with Crippen LogP contribution in [0.2, 0.25) is 0 Å². The molecule has 12 heavy (non-hydrogen) atoms. The zero-order chi connectivity index (χ0) is 9.40. The molecule has 0 aliphatic heterocycles. The Morgan fingerprint density at radius 3 is 2.58 bits per heavy atom. The van der Waals surface area contributed by atoms with E-state index in [1.165, 1.54) is 0 Å². The highest BCUT2D eigenvalue weighted by Gasteiger charge is 2.11. The lowest BCUT2D eigenvalue weighted by molar-refractivity contribution is -0.220. The SMILES string of the molecule is CCOCC(=O)OC(F)OCC. The second kappa shape index (κ2) is 7.00. The summed E-state index contributed by atoms with van der Waals surface area (Å²) < 4.78 is 25.5. The molecule has 0 aromatic heterocycles. The molecule has 1 unspecified atom stereocenters. The number of ether oxygens (including phenoxy) is 3. The van der Waals surface area contributed by atoms with Crippen molar-refractivity contribution in [3.8, 4) is 0 Å². The highest BCUT2D eigenvalue weighted by atomic mass is 19.2. The minimum Gasteiger partial charge on any atom is -0.405 e. The largest absolute Gasteiger partial charge is 0.405 e. The fourth-order valence-electron chi connectivity index (χ4n) is 0.488. The van der Waals surface area contributed by atoms with Crippen LogP contribution in [0.4, 0.5) is 4.39 Å². The van der Waals surface area contributed by atoms with Gasteiger partial charge in [-0.15, -0.1) is 0 Å². The van der Waals surface area contributed by atoms with Gasteiger partial charge in [-0.1, -0.05) is 0 Å². The standard InChI is InChI=1S/C7H13FO4/c1-3-10-5-6(9)12-7(8)11-4-2/h7H,3-5H2,1-2H3. The molecule has 0 aromatic rings. The summed E-state index contributed by atoms with van der Waals surface area (Å²) in [4.78, 5) is 10.6. The van der Waals surface area contributed by atoms with Crippen molar-refractivity contribution < 1.29 is 23.4 Å². The van der Waals surface area contributed by atoms with Crippen molar-refractivity contribution >= 4 is 5.97 Å². The van der Waals surface area contributed by atoms with Crippen molar-refractivity contribution in [2.45, 2.75) is 20.4 Å². The average molecular weight is 180 g/mol. The van der Waals surface area contributed by atoms with E-state index in [0.29, 0.717) is 6.61 Å². The lowest BCUT2D eigenvalue weighted by atomic mass is 10.7. The Hall–Kier alpha value is -0.680. The molecule has 72 valence electrons. The second-order valence-electron chi connectivity index (χ2n) is 1.86. The highest BCUT2D eigenvalue weighted by molar-refractivity contribution is 5.70. The number of esters is 1. The van der Waals surface area contributed by atoms with Gasteiger partial charge in [0.15, 0.2) is 0 Å². The van der Waals surface area contributed by atoms with E-state index in [-0.39, 0.29) is 13.2 Å². The van der Waals surface area contributed by atoms with Gasteiger partial charge in [0.1, 0.15) is 6.61 Å². The maximum Gasteiger partial charge on any atom is 0.354 e. The van der Waals surface area contributed by atoms with Gasteiger partial charge in [0.2, 0.25) is 0 Å². The first-order chi connectivity index (χ1) is 5.70. The Labute approximate surface area is 70.6 Å². The van der Waals surface area contributed by atoms with E-state index in [9.17, 15) is 9.18 Å². The third kappa shape index (κ3) is 6.06. The van der Waals surface area contributed by atoms with E-state index in [0.717, 1.165) is 0 Å². The van der Waals surface area contributed by atoms with Crippen molar-refractivity contribution in [2.24, 2.45) is 0 Å². The molecule has 0 saturated heterocycles. The molecule has 0 bridgehead atoms. The predicted molar refractivity (Wildman–Crippen MR) is 39.1 cm³/mol. The molecule has 0 N–H and O–H groups in total. The van der Waals surface area contributed by atoms with Gasteiger partial charge in [0, 0.05) is 6.61 Å². The number of hydrogen-bond donors (Lipinski definition) is 0. The Kier molecular flexibility index (Phi) is 6.60. The molecule has 5 heteroatoms. The molecule has 0 amide bonds. The van der Waals surface area contributed by atoms with Gasteiger partial charge >= 0.3 is 12.5 Å². The first-order valence-corrected chi connectivity index (χ1v) is 3.73. The van der Waals surface area contributed by atoms with E-state index in [2.05, 4.69) is 14.2 Å². The first kappa shape index (κ1) is 11.3. The second-order valence-corrected chi connectivity index (χ2v) is 1.86. The average Bonchev–Trinajstić information content (AvgIpc) is 2.01. The molecule has 4 nitrogen and oxygen atoms in total. The summed E-state index contributed by atoms with van der Waals surface area (Å²) in [6.07, 6.45) is 0. The molecular weight excluding hydrogens is 167 g/mol. The maximum absolute atomic E-state index is 12.4. The van der Waals surface area contributed by atoms with Crippen LogP contribution in [-0.4, -0.2) is 32.3 Å². The van der Waals surface area contributed by atoms with Gasteiger partial charge in [-0.2, -0.15) is 4.39 Å². The van der Waals surface area contributed by atoms with E-state index in [1.54, 1.807) is 13.8 Å². The number of carbonyl (C=O) groups excluding carboxylic acids is 1. The van der Waals surface area contributed by atoms with Crippen LogP contribution in [-0.2, 0) is 19.0 Å². The van der Waals surface area contributed by atoms with Gasteiger partial charge in [-0.3, -0.25) is 0 Å².